The molecule has 0 saturated heterocycles. The number of halogens is 1. The number of aliphatic hydroxyl groups is 1. The molecule has 0 heterocycles. The lowest BCUT2D eigenvalue weighted by Crippen LogP contribution is -2.18. The molecule has 3 heteroatoms. The van der Waals surface area contributed by atoms with Gasteiger partial charge in [0.25, 0.3) is 0 Å². The molecule has 2 nitrogen and oxygen atoms in total. The van der Waals surface area contributed by atoms with E-state index in [9.17, 15) is 0 Å². The largest absolute Gasteiger partial charge is 0.393 e. The van der Waals surface area contributed by atoms with Gasteiger partial charge in [0, 0.05) is 11.0 Å². The van der Waals surface area contributed by atoms with Gasteiger partial charge in [0.2, 0.25) is 0 Å². The van der Waals surface area contributed by atoms with Gasteiger partial charge in [0.05, 0.1) is 6.10 Å². The normalized spacial score (nSPS) is 12.8. The van der Waals surface area contributed by atoms with Crippen molar-refractivity contribution < 1.29 is 5.11 Å². The molecule has 0 radical (unpaired) electrons. The Hall–Kier alpha value is -0.380. The average Bonchev–Trinajstić information content (AvgIpc) is 2.12. The Morgan fingerprint density at radius 1 is 1.50 bits per heavy atom. The Morgan fingerprint density at radius 3 is 2.93 bits per heavy atom. The summed E-state index contributed by atoms with van der Waals surface area (Å²) in [5.74, 6) is 0. The van der Waals surface area contributed by atoms with E-state index in [0.717, 1.165) is 24.0 Å². The fraction of sp³-hybridized carbons (Fsp3) is 0.455. The van der Waals surface area contributed by atoms with Crippen LogP contribution in [-0.4, -0.2) is 17.8 Å². The van der Waals surface area contributed by atoms with Crippen LogP contribution in [0.5, 0.6) is 0 Å². The van der Waals surface area contributed by atoms with Crippen molar-refractivity contribution >= 4 is 15.9 Å². The summed E-state index contributed by atoms with van der Waals surface area (Å²) in [6, 6.07) is 8.21. The van der Waals surface area contributed by atoms with Gasteiger partial charge in [-0.3, -0.25) is 0 Å². The Kier molecular flexibility index (Phi) is 5.15. The van der Waals surface area contributed by atoms with Gasteiger partial charge < -0.3 is 10.4 Å². The molecule has 0 saturated carbocycles. The van der Waals surface area contributed by atoms with Crippen LogP contribution in [0.1, 0.15) is 18.9 Å². The summed E-state index contributed by atoms with van der Waals surface area (Å²) in [4.78, 5) is 0. The van der Waals surface area contributed by atoms with Crippen molar-refractivity contribution in [2.24, 2.45) is 0 Å². The zero-order valence-electron chi connectivity index (χ0n) is 8.33. The predicted octanol–water partition coefficient (Wildman–Crippen LogP) is 2.31. The molecule has 1 unspecified atom stereocenters. The fourth-order valence-corrected chi connectivity index (χ4v) is 1.64. The van der Waals surface area contributed by atoms with Gasteiger partial charge in [-0.25, -0.2) is 0 Å². The van der Waals surface area contributed by atoms with E-state index in [4.69, 9.17) is 5.11 Å². The van der Waals surface area contributed by atoms with Gasteiger partial charge in [0.1, 0.15) is 0 Å². The molecule has 0 amide bonds. The van der Waals surface area contributed by atoms with Crippen LogP contribution in [0.2, 0.25) is 0 Å². The lowest BCUT2D eigenvalue weighted by Gasteiger charge is -2.06. The number of aliphatic hydroxyl groups excluding tert-OH is 1. The maximum absolute atomic E-state index is 9.05. The summed E-state index contributed by atoms with van der Waals surface area (Å²) in [5, 5.41) is 12.3. The SMILES string of the molecule is CC(O)CCNCc1cccc(Br)c1. The molecule has 1 aromatic rings. The molecule has 0 aliphatic heterocycles. The van der Waals surface area contributed by atoms with Crippen LogP contribution in [0, 0.1) is 0 Å². The van der Waals surface area contributed by atoms with E-state index in [1.165, 1.54) is 5.56 Å². The molecule has 14 heavy (non-hydrogen) atoms. The van der Waals surface area contributed by atoms with Crippen LogP contribution in [0.25, 0.3) is 0 Å². The first-order chi connectivity index (χ1) is 6.68. The summed E-state index contributed by atoms with van der Waals surface area (Å²) in [6.07, 6.45) is 0.582. The van der Waals surface area contributed by atoms with Crippen molar-refractivity contribution in [3.05, 3.63) is 34.3 Å². The molecular weight excluding hydrogens is 242 g/mol. The van der Waals surface area contributed by atoms with Crippen molar-refractivity contribution in [3.8, 4) is 0 Å². The first-order valence-corrected chi connectivity index (χ1v) is 5.61. The Bertz CT molecular complexity index is 276. The highest BCUT2D eigenvalue weighted by Gasteiger charge is 1.96. The number of hydrogen-bond acceptors (Lipinski definition) is 2. The van der Waals surface area contributed by atoms with Crippen molar-refractivity contribution in [1.82, 2.24) is 5.32 Å². The van der Waals surface area contributed by atoms with Crippen LogP contribution < -0.4 is 5.32 Å². The zero-order chi connectivity index (χ0) is 10.4. The molecule has 1 atom stereocenters. The molecule has 0 aliphatic carbocycles. The predicted molar refractivity (Wildman–Crippen MR) is 62.1 cm³/mol. The number of rotatable bonds is 5. The van der Waals surface area contributed by atoms with E-state index in [-0.39, 0.29) is 6.10 Å². The van der Waals surface area contributed by atoms with Gasteiger partial charge in [-0.05, 0) is 37.6 Å². The van der Waals surface area contributed by atoms with Crippen molar-refractivity contribution in [2.75, 3.05) is 6.54 Å². The topological polar surface area (TPSA) is 32.3 Å². The Balaban J connectivity index is 2.25. The minimum absolute atomic E-state index is 0.218. The average molecular weight is 258 g/mol. The molecule has 0 spiro atoms. The second-order valence-corrected chi connectivity index (χ2v) is 4.36. The van der Waals surface area contributed by atoms with Crippen molar-refractivity contribution in [1.29, 1.82) is 0 Å². The summed E-state index contributed by atoms with van der Waals surface area (Å²) < 4.78 is 1.10. The third kappa shape index (κ3) is 4.74. The first kappa shape index (κ1) is 11.7. The minimum Gasteiger partial charge on any atom is -0.393 e. The maximum Gasteiger partial charge on any atom is 0.0524 e. The second-order valence-electron chi connectivity index (χ2n) is 3.44. The number of benzene rings is 1. The van der Waals surface area contributed by atoms with Gasteiger partial charge >= 0.3 is 0 Å². The van der Waals surface area contributed by atoms with Crippen LogP contribution in [-0.2, 0) is 6.54 Å². The van der Waals surface area contributed by atoms with Gasteiger partial charge in [0.15, 0.2) is 0 Å². The molecule has 0 aromatic heterocycles. The van der Waals surface area contributed by atoms with Crippen LogP contribution in [0.3, 0.4) is 0 Å². The zero-order valence-corrected chi connectivity index (χ0v) is 9.92. The Labute approximate surface area is 93.5 Å². The van der Waals surface area contributed by atoms with Crippen molar-refractivity contribution in [2.45, 2.75) is 26.0 Å². The monoisotopic (exact) mass is 257 g/mol. The van der Waals surface area contributed by atoms with E-state index in [1.54, 1.807) is 6.92 Å². The molecule has 0 aliphatic rings. The number of hydrogen-bond donors (Lipinski definition) is 2. The van der Waals surface area contributed by atoms with Crippen LogP contribution in [0.15, 0.2) is 28.7 Å². The molecule has 78 valence electrons. The molecular formula is C11H16BrNO. The third-order valence-electron chi connectivity index (χ3n) is 1.96. The van der Waals surface area contributed by atoms with E-state index in [1.807, 2.05) is 12.1 Å². The third-order valence-corrected chi connectivity index (χ3v) is 2.45. The summed E-state index contributed by atoms with van der Waals surface area (Å²) in [6.45, 7) is 3.51. The molecule has 0 fully saturated rings. The molecule has 0 bridgehead atoms. The minimum atomic E-state index is -0.218. The quantitative estimate of drug-likeness (QED) is 0.794. The maximum atomic E-state index is 9.05. The van der Waals surface area contributed by atoms with Gasteiger partial charge in [-0.1, -0.05) is 28.1 Å². The second kappa shape index (κ2) is 6.17. The summed E-state index contributed by atoms with van der Waals surface area (Å²) in [5.41, 5.74) is 1.25. The lowest BCUT2D eigenvalue weighted by atomic mass is 10.2. The van der Waals surface area contributed by atoms with Gasteiger partial charge in [-0.15, -0.1) is 0 Å². The molecule has 1 rings (SSSR count). The highest BCUT2D eigenvalue weighted by molar-refractivity contribution is 9.10. The van der Waals surface area contributed by atoms with Crippen molar-refractivity contribution in [3.63, 3.8) is 0 Å². The van der Waals surface area contributed by atoms with E-state index in [2.05, 4.69) is 33.4 Å². The van der Waals surface area contributed by atoms with E-state index < -0.39 is 0 Å². The van der Waals surface area contributed by atoms with E-state index in [0.29, 0.717) is 0 Å². The highest BCUT2D eigenvalue weighted by atomic mass is 79.9. The molecule has 1 aromatic carbocycles. The number of nitrogens with one attached hydrogen (secondary N) is 1. The summed E-state index contributed by atoms with van der Waals surface area (Å²) >= 11 is 3.43. The first-order valence-electron chi connectivity index (χ1n) is 4.81. The smallest absolute Gasteiger partial charge is 0.0524 e. The fourth-order valence-electron chi connectivity index (χ4n) is 1.19. The highest BCUT2D eigenvalue weighted by Crippen LogP contribution is 2.11. The standard InChI is InChI=1S/C11H16BrNO/c1-9(14)5-6-13-8-10-3-2-4-11(12)7-10/h2-4,7,9,13-14H,5-6,8H2,1H3. The Morgan fingerprint density at radius 2 is 2.29 bits per heavy atom. The van der Waals surface area contributed by atoms with Crippen LogP contribution >= 0.6 is 15.9 Å². The lowest BCUT2D eigenvalue weighted by molar-refractivity contribution is 0.183. The van der Waals surface area contributed by atoms with Gasteiger partial charge in [-0.2, -0.15) is 0 Å². The van der Waals surface area contributed by atoms with Crippen LogP contribution in [0.4, 0.5) is 0 Å². The van der Waals surface area contributed by atoms with E-state index >= 15 is 0 Å². The molecule has 2 N–H and O–H groups in total. The summed E-state index contributed by atoms with van der Waals surface area (Å²) in [7, 11) is 0.